The molecule has 0 spiro atoms. The van der Waals surface area contributed by atoms with Crippen molar-refractivity contribution in [2.45, 2.75) is 52.5 Å². The van der Waals surface area contributed by atoms with Crippen LogP contribution < -0.4 is 10.6 Å². The van der Waals surface area contributed by atoms with E-state index in [2.05, 4.69) is 17.6 Å². The molecule has 0 saturated heterocycles. The van der Waals surface area contributed by atoms with Gasteiger partial charge >= 0.3 is 0 Å². The number of amides is 1. The van der Waals surface area contributed by atoms with Gasteiger partial charge in [-0.2, -0.15) is 0 Å². The van der Waals surface area contributed by atoms with Gasteiger partial charge in [-0.25, -0.2) is 0 Å². The van der Waals surface area contributed by atoms with Crippen LogP contribution in [0.2, 0.25) is 0 Å². The molecule has 1 aromatic rings. The molecule has 2 N–H and O–H groups in total. The third-order valence-corrected chi connectivity index (χ3v) is 2.93. The highest BCUT2D eigenvalue weighted by Gasteiger charge is 2.05. The van der Waals surface area contributed by atoms with Gasteiger partial charge in [-0.1, -0.05) is 26.2 Å². The van der Waals surface area contributed by atoms with Crippen LogP contribution in [0.3, 0.4) is 0 Å². The van der Waals surface area contributed by atoms with Crippen molar-refractivity contribution >= 4 is 11.6 Å². The van der Waals surface area contributed by atoms with Crippen LogP contribution in [0.4, 0.5) is 5.69 Å². The monoisotopic (exact) mass is 262 g/mol. The summed E-state index contributed by atoms with van der Waals surface area (Å²) in [4.78, 5) is 11.8. The standard InChI is InChI=1S/C16H26N2O/c1-4-5-6-7-12-17-15-10-8-14(9-11-15)16(19)18-13(2)3/h8-11,13,17H,4-7,12H2,1-3H3,(H,18,19). The van der Waals surface area contributed by atoms with E-state index in [1.807, 2.05) is 38.1 Å². The van der Waals surface area contributed by atoms with Crippen molar-refractivity contribution in [1.29, 1.82) is 0 Å². The number of carbonyl (C=O) groups is 1. The van der Waals surface area contributed by atoms with Gasteiger partial charge in [0.1, 0.15) is 0 Å². The molecule has 0 heterocycles. The molecule has 1 rings (SSSR count). The highest BCUT2D eigenvalue weighted by Crippen LogP contribution is 2.10. The molecule has 0 atom stereocenters. The zero-order valence-corrected chi connectivity index (χ0v) is 12.3. The molecule has 0 saturated carbocycles. The van der Waals surface area contributed by atoms with E-state index < -0.39 is 0 Å². The molecular weight excluding hydrogens is 236 g/mol. The predicted octanol–water partition coefficient (Wildman–Crippen LogP) is 3.82. The second-order valence-corrected chi connectivity index (χ2v) is 5.19. The zero-order valence-electron chi connectivity index (χ0n) is 12.3. The summed E-state index contributed by atoms with van der Waals surface area (Å²) in [5, 5.41) is 6.26. The first kappa shape index (κ1) is 15.5. The van der Waals surface area contributed by atoms with E-state index in [-0.39, 0.29) is 11.9 Å². The molecule has 0 unspecified atom stereocenters. The SMILES string of the molecule is CCCCCCNc1ccc(C(=O)NC(C)C)cc1. The van der Waals surface area contributed by atoms with E-state index in [9.17, 15) is 4.79 Å². The Hall–Kier alpha value is -1.51. The Kier molecular flexibility index (Phi) is 7.01. The minimum absolute atomic E-state index is 0.00973. The molecule has 0 aliphatic carbocycles. The van der Waals surface area contributed by atoms with Crippen LogP contribution in [-0.4, -0.2) is 18.5 Å². The fourth-order valence-corrected chi connectivity index (χ4v) is 1.87. The Balaban J connectivity index is 2.37. The number of anilines is 1. The summed E-state index contributed by atoms with van der Waals surface area (Å²) in [5.74, 6) is -0.00973. The summed E-state index contributed by atoms with van der Waals surface area (Å²) in [5.41, 5.74) is 1.79. The fourth-order valence-electron chi connectivity index (χ4n) is 1.87. The van der Waals surface area contributed by atoms with Crippen molar-refractivity contribution < 1.29 is 4.79 Å². The van der Waals surface area contributed by atoms with Crippen LogP contribution in [0.15, 0.2) is 24.3 Å². The number of benzene rings is 1. The van der Waals surface area contributed by atoms with Crippen molar-refractivity contribution in [3.8, 4) is 0 Å². The van der Waals surface area contributed by atoms with Crippen molar-refractivity contribution in [3.63, 3.8) is 0 Å². The Morgan fingerprint density at radius 3 is 2.37 bits per heavy atom. The van der Waals surface area contributed by atoms with Gasteiger partial charge in [0.25, 0.3) is 5.91 Å². The minimum Gasteiger partial charge on any atom is -0.385 e. The van der Waals surface area contributed by atoms with E-state index >= 15 is 0 Å². The van der Waals surface area contributed by atoms with Gasteiger partial charge in [-0.3, -0.25) is 4.79 Å². The molecule has 0 aromatic heterocycles. The van der Waals surface area contributed by atoms with Crippen LogP contribution in [0.5, 0.6) is 0 Å². The van der Waals surface area contributed by atoms with Crippen LogP contribution >= 0.6 is 0 Å². The van der Waals surface area contributed by atoms with Crippen molar-refractivity contribution in [1.82, 2.24) is 5.32 Å². The van der Waals surface area contributed by atoms with E-state index in [1.165, 1.54) is 25.7 Å². The van der Waals surface area contributed by atoms with Gasteiger partial charge < -0.3 is 10.6 Å². The largest absolute Gasteiger partial charge is 0.385 e. The number of hydrogen-bond donors (Lipinski definition) is 2. The number of unbranched alkanes of at least 4 members (excludes halogenated alkanes) is 3. The Morgan fingerprint density at radius 1 is 1.11 bits per heavy atom. The Labute approximate surface area is 116 Å². The molecule has 0 aliphatic rings. The van der Waals surface area contributed by atoms with Gasteiger partial charge in [0.05, 0.1) is 0 Å². The summed E-state index contributed by atoms with van der Waals surface area (Å²) in [6.45, 7) is 7.14. The van der Waals surface area contributed by atoms with Crippen molar-refractivity contribution in [3.05, 3.63) is 29.8 Å². The third-order valence-electron chi connectivity index (χ3n) is 2.93. The van der Waals surface area contributed by atoms with Gasteiger partial charge in [-0.05, 0) is 44.5 Å². The van der Waals surface area contributed by atoms with Gasteiger partial charge in [0.15, 0.2) is 0 Å². The average molecular weight is 262 g/mol. The van der Waals surface area contributed by atoms with Gasteiger partial charge in [0, 0.05) is 23.8 Å². The smallest absolute Gasteiger partial charge is 0.251 e. The third kappa shape index (κ3) is 6.27. The number of hydrogen-bond acceptors (Lipinski definition) is 2. The number of rotatable bonds is 8. The second-order valence-electron chi connectivity index (χ2n) is 5.19. The Morgan fingerprint density at radius 2 is 1.79 bits per heavy atom. The molecule has 1 aromatic carbocycles. The lowest BCUT2D eigenvalue weighted by atomic mass is 10.1. The second kappa shape index (κ2) is 8.57. The maximum atomic E-state index is 11.8. The zero-order chi connectivity index (χ0) is 14.1. The topological polar surface area (TPSA) is 41.1 Å². The molecule has 19 heavy (non-hydrogen) atoms. The molecule has 1 amide bonds. The predicted molar refractivity (Wildman–Crippen MR) is 81.7 cm³/mol. The molecule has 0 aliphatic heterocycles. The van der Waals surface area contributed by atoms with E-state index in [0.717, 1.165) is 12.2 Å². The Bertz CT molecular complexity index is 371. The van der Waals surface area contributed by atoms with Crippen molar-refractivity contribution in [2.75, 3.05) is 11.9 Å². The highest BCUT2D eigenvalue weighted by atomic mass is 16.1. The first-order chi connectivity index (χ1) is 9.13. The molecule has 3 nitrogen and oxygen atoms in total. The maximum Gasteiger partial charge on any atom is 0.251 e. The number of nitrogens with one attached hydrogen (secondary N) is 2. The molecule has 0 bridgehead atoms. The highest BCUT2D eigenvalue weighted by molar-refractivity contribution is 5.94. The first-order valence-electron chi connectivity index (χ1n) is 7.28. The first-order valence-corrected chi connectivity index (χ1v) is 7.28. The van der Waals surface area contributed by atoms with Crippen molar-refractivity contribution in [2.24, 2.45) is 0 Å². The molecule has 0 radical (unpaired) electrons. The average Bonchev–Trinajstić information content (AvgIpc) is 2.38. The number of carbonyl (C=O) groups excluding carboxylic acids is 1. The molecule has 3 heteroatoms. The quantitative estimate of drug-likeness (QED) is 0.699. The van der Waals surface area contributed by atoms with E-state index in [1.54, 1.807) is 0 Å². The van der Waals surface area contributed by atoms with Crippen LogP contribution in [0.25, 0.3) is 0 Å². The molecule has 0 fully saturated rings. The molecular formula is C16H26N2O. The normalized spacial score (nSPS) is 10.5. The minimum atomic E-state index is -0.00973. The maximum absolute atomic E-state index is 11.8. The van der Waals surface area contributed by atoms with Crippen LogP contribution in [-0.2, 0) is 0 Å². The lowest BCUT2D eigenvalue weighted by Gasteiger charge is -2.10. The summed E-state index contributed by atoms with van der Waals surface area (Å²) in [6, 6.07) is 7.84. The van der Waals surface area contributed by atoms with Crippen LogP contribution in [0.1, 0.15) is 56.8 Å². The lowest BCUT2D eigenvalue weighted by Crippen LogP contribution is -2.29. The van der Waals surface area contributed by atoms with E-state index in [4.69, 9.17) is 0 Å². The fraction of sp³-hybridized carbons (Fsp3) is 0.562. The van der Waals surface area contributed by atoms with E-state index in [0.29, 0.717) is 5.56 Å². The van der Waals surface area contributed by atoms with Gasteiger partial charge in [-0.15, -0.1) is 0 Å². The summed E-state index contributed by atoms with van der Waals surface area (Å²) >= 11 is 0. The summed E-state index contributed by atoms with van der Waals surface area (Å²) < 4.78 is 0. The van der Waals surface area contributed by atoms with Crippen LogP contribution in [0, 0.1) is 0 Å². The summed E-state index contributed by atoms with van der Waals surface area (Å²) in [6.07, 6.45) is 5.04. The lowest BCUT2D eigenvalue weighted by molar-refractivity contribution is 0.0943. The summed E-state index contributed by atoms with van der Waals surface area (Å²) in [7, 11) is 0. The van der Waals surface area contributed by atoms with Gasteiger partial charge in [0.2, 0.25) is 0 Å². The molecule has 106 valence electrons.